The van der Waals surface area contributed by atoms with Crippen LogP contribution in [-0.2, 0) is 5.41 Å². The van der Waals surface area contributed by atoms with Gasteiger partial charge in [0.25, 0.3) is 0 Å². The first-order chi connectivity index (χ1) is 25.8. The number of nitrogens with zero attached hydrogens (tertiary/aromatic N) is 5. The van der Waals surface area contributed by atoms with Crippen molar-refractivity contribution in [1.82, 2.24) is 24.9 Å². The number of rotatable bonds is 6. The molecule has 0 atom stereocenters. The fourth-order valence-corrected chi connectivity index (χ4v) is 7.65. The Balaban J connectivity index is 1.26. The van der Waals surface area contributed by atoms with Gasteiger partial charge < -0.3 is 0 Å². The Morgan fingerprint density at radius 3 is 1.53 bits per heavy atom. The van der Waals surface area contributed by atoms with Crippen LogP contribution >= 0.6 is 0 Å². The zero-order valence-electron chi connectivity index (χ0n) is 30.2. The second-order valence-electron chi connectivity index (χ2n) is 14.3. The highest BCUT2D eigenvalue weighted by atomic mass is 15.0. The fraction of sp³-hybridized carbons (Fsp3) is 0.104. The van der Waals surface area contributed by atoms with Crippen molar-refractivity contribution < 1.29 is 0 Å². The van der Waals surface area contributed by atoms with E-state index in [9.17, 15) is 0 Å². The molecule has 8 aromatic rings. The summed E-state index contributed by atoms with van der Waals surface area (Å²) in [5, 5.41) is 0. The monoisotopic (exact) mass is 683 g/mol. The van der Waals surface area contributed by atoms with Crippen molar-refractivity contribution in [2.75, 3.05) is 0 Å². The summed E-state index contributed by atoms with van der Waals surface area (Å²) in [6.07, 6.45) is 0. The summed E-state index contributed by atoms with van der Waals surface area (Å²) >= 11 is 0. The van der Waals surface area contributed by atoms with E-state index in [1.54, 1.807) is 0 Å². The zero-order valence-corrected chi connectivity index (χ0v) is 30.2. The van der Waals surface area contributed by atoms with E-state index in [-0.39, 0.29) is 5.41 Å². The van der Waals surface area contributed by atoms with Gasteiger partial charge in [-0.2, -0.15) is 0 Å². The van der Waals surface area contributed by atoms with Crippen molar-refractivity contribution in [1.29, 1.82) is 0 Å². The number of hydrogen-bond donors (Lipinski definition) is 0. The lowest BCUT2D eigenvalue weighted by atomic mass is 9.82. The SMILES string of the molecule is Cc1cc(-c2cccc(-c3cc(-c4ccc5c(c4)-c4ccccc4C5(C)C)cc(-c4nc(-c5ccccc5)nc(-c5ccccc5)n4)c3)c2)nc(C)n1. The van der Waals surface area contributed by atoms with Gasteiger partial charge in [0.1, 0.15) is 5.82 Å². The number of hydrogen-bond acceptors (Lipinski definition) is 5. The van der Waals surface area contributed by atoms with E-state index < -0.39 is 0 Å². The van der Waals surface area contributed by atoms with E-state index in [0.717, 1.165) is 61.7 Å². The molecular weight excluding hydrogens is 647 g/mol. The first kappa shape index (κ1) is 32.3. The standard InChI is InChI=1S/C48H37N5/c1-30-24-44(50-31(2)49-30)36-19-13-18-34(25-36)37-26-38(35-22-23-43-41(29-35)40-20-11-12-21-42(40)48(43,3)4)28-39(27-37)47-52-45(32-14-7-5-8-15-32)51-46(53-47)33-16-9-6-10-17-33/h5-29H,1-4H3. The van der Waals surface area contributed by atoms with Gasteiger partial charge in [0.2, 0.25) is 0 Å². The lowest BCUT2D eigenvalue weighted by Crippen LogP contribution is -2.14. The second kappa shape index (κ2) is 12.9. The molecule has 53 heavy (non-hydrogen) atoms. The Morgan fingerprint density at radius 2 is 0.868 bits per heavy atom. The second-order valence-corrected chi connectivity index (χ2v) is 14.3. The maximum absolute atomic E-state index is 5.12. The Morgan fingerprint density at radius 1 is 0.358 bits per heavy atom. The van der Waals surface area contributed by atoms with Gasteiger partial charge in [0.05, 0.1) is 5.69 Å². The summed E-state index contributed by atoms with van der Waals surface area (Å²) < 4.78 is 0. The normalized spacial score (nSPS) is 12.7. The maximum Gasteiger partial charge on any atom is 0.164 e. The molecule has 0 saturated heterocycles. The molecule has 0 aliphatic heterocycles. The third kappa shape index (κ3) is 6.00. The van der Waals surface area contributed by atoms with Crippen molar-refractivity contribution >= 4 is 0 Å². The summed E-state index contributed by atoms with van der Waals surface area (Å²) in [5.41, 5.74) is 15.3. The molecule has 5 nitrogen and oxygen atoms in total. The Bertz CT molecular complexity index is 2590. The summed E-state index contributed by atoms with van der Waals surface area (Å²) in [5.74, 6) is 2.64. The molecule has 2 heterocycles. The molecule has 2 aromatic heterocycles. The molecule has 1 aliphatic carbocycles. The third-order valence-corrected chi connectivity index (χ3v) is 10.3. The van der Waals surface area contributed by atoms with Crippen molar-refractivity contribution in [3.05, 3.63) is 174 Å². The van der Waals surface area contributed by atoms with Crippen LogP contribution in [0, 0.1) is 13.8 Å². The summed E-state index contributed by atoms with van der Waals surface area (Å²) in [7, 11) is 0. The average Bonchev–Trinajstić information content (AvgIpc) is 3.43. The smallest absolute Gasteiger partial charge is 0.164 e. The van der Waals surface area contributed by atoms with Crippen molar-refractivity contribution in [2.45, 2.75) is 33.1 Å². The molecule has 0 saturated carbocycles. The van der Waals surface area contributed by atoms with Crippen LogP contribution in [0.2, 0.25) is 0 Å². The molecule has 0 spiro atoms. The van der Waals surface area contributed by atoms with Crippen LogP contribution in [0.3, 0.4) is 0 Å². The molecule has 0 bridgehead atoms. The van der Waals surface area contributed by atoms with Crippen molar-refractivity contribution in [3.8, 4) is 78.8 Å². The predicted molar refractivity (Wildman–Crippen MR) is 215 cm³/mol. The van der Waals surface area contributed by atoms with Gasteiger partial charge in [-0.15, -0.1) is 0 Å². The molecule has 9 rings (SSSR count). The molecule has 1 aliphatic rings. The van der Waals surface area contributed by atoms with Crippen LogP contribution in [-0.4, -0.2) is 24.9 Å². The minimum absolute atomic E-state index is 0.0673. The Hall–Kier alpha value is -6.59. The van der Waals surface area contributed by atoms with Crippen molar-refractivity contribution in [2.24, 2.45) is 0 Å². The van der Waals surface area contributed by atoms with Gasteiger partial charge in [0, 0.05) is 33.4 Å². The molecule has 0 unspecified atom stereocenters. The minimum Gasteiger partial charge on any atom is -0.239 e. The lowest BCUT2D eigenvalue weighted by Gasteiger charge is -2.21. The molecular formula is C48H37N5. The van der Waals surface area contributed by atoms with Gasteiger partial charge in [-0.1, -0.05) is 129 Å². The number of benzene rings is 6. The predicted octanol–water partition coefficient (Wildman–Crippen LogP) is 11.6. The van der Waals surface area contributed by atoms with Gasteiger partial charge in [-0.3, -0.25) is 0 Å². The van der Waals surface area contributed by atoms with E-state index in [4.69, 9.17) is 19.9 Å². The zero-order chi connectivity index (χ0) is 36.1. The first-order valence-electron chi connectivity index (χ1n) is 18.0. The molecule has 254 valence electrons. The molecule has 0 N–H and O–H groups in total. The van der Waals surface area contributed by atoms with Gasteiger partial charge >= 0.3 is 0 Å². The average molecular weight is 684 g/mol. The van der Waals surface area contributed by atoms with Gasteiger partial charge in [-0.25, -0.2) is 24.9 Å². The largest absolute Gasteiger partial charge is 0.239 e. The molecule has 5 heteroatoms. The van der Waals surface area contributed by atoms with Crippen LogP contribution in [0.5, 0.6) is 0 Å². The molecule has 6 aromatic carbocycles. The molecule has 0 fully saturated rings. The topological polar surface area (TPSA) is 64.5 Å². The van der Waals surface area contributed by atoms with E-state index in [1.807, 2.05) is 80.6 Å². The highest BCUT2D eigenvalue weighted by molar-refractivity contribution is 5.87. The summed E-state index contributed by atoms with van der Waals surface area (Å²) in [6.45, 7) is 8.59. The quantitative estimate of drug-likeness (QED) is 0.175. The highest BCUT2D eigenvalue weighted by Gasteiger charge is 2.35. The molecule has 0 amide bonds. The third-order valence-electron chi connectivity index (χ3n) is 10.3. The Labute approximate surface area is 310 Å². The summed E-state index contributed by atoms with van der Waals surface area (Å²) in [4.78, 5) is 24.5. The minimum atomic E-state index is -0.0673. The number of fused-ring (bicyclic) bond motifs is 3. The fourth-order valence-electron chi connectivity index (χ4n) is 7.65. The maximum atomic E-state index is 5.12. The van der Waals surface area contributed by atoms with Crippen LogP contribution in [0.15, 0.2) is 152 Å². The van der Waals surface area contributed by atoms with Crippen LogP contribution in [0.25, 0.3) is 78.8 Å². The van der Waals surface area contributed by atoms with E-state index >= 15 is 0 Å². The Kier molecular flexibility index (Phi) is 7.85. The number of aromatic nitrogens is 5. The number of aryl methyl sites for hydroxylation is 2. The lowest BCUT2D eigenvalue weighted by molar-refractivity contribution is 0.660. The van der Waals surface area contributed by atoms with E-state index in [1.165, 1.54) is 22.3 Å². The van der Waals surface area contributed by atoms with Crippen LogP contribution in [0.4, 0.5) is 0 Å². The first-order valence-corrected chi connectivity index (χ1v) is 18.0. The van der Waals surface area contributed by atoms with E-state index in [2.05, 4.69) is 104 Å². The van der Waals surface area contributed by atoms with E-state index in [0.29, 0.717) is 17.5 Å². The molecule has 0 radical (unpaired) electrons. The van der Waals surface area contributed by atoms with Crippen LogP contribution in [0.1, 0.15) is 36.5 Å². The summed E-state index contributed by atoms with van der Waals surface area (Å²) in [6, 6.07) is 53.3. The van der Waals surface area contributed by atoms with Crippen LogP contribution < -0.4 is 0 Å². The van der Waals surface area contributed by atoms with Gasteiger partial charge in [-0.05, 0) is 94.8 Å². The van der Waals surface area contributed by atoms with Crippen molar-refractivity contribution in [3.63, 3.8) is 0 Å². The van der Waals surface area contributed by atoms with Gasteiger partial charge in [0.15, 0.2) is 17.5 Å². The highest BCUT2D eigenvalue weighted by Crippen LogP contribution is 2.49.